The van der Waals surface area contributed by atoms with Gasteiger partial charge in [0.1, 0.15) is 0 Å². The van der Waals surface area contributed by atoms with E-state index in [4.69, 9.17) is 0 Å². The molecule has 1 saturated heterocycles. The Morgan fingerprint density at radius 1 is 1.59 bits per heavy atom. The van der Waals surface area contributed by atoms with Crippen LogP contribution in [-0.4, -0.2) is 41.6 Å². The van der Waals surface area contributed by atoms with Crippen LogP contribution >= 0.6 is 0 Å². The summed E-state index contributed by atoms with van der Waals surface area (Å²) in [6.07, 6.45) is 2.59. The molecule has 2 rings (SSSR count). The van der Waals surface area contributed by atoms with Crippen LogP contribution in [0.1, 0.15) is 16.8 Å². The highest BCUT2D eigenvalue weighted by Crippen LogP contribution is 2.10. The van der Waals surface area contributed by atoms with E-state index in [2.05, 4.69) is 5.32 Å². The summed E-state index contributed by atoms with van der Waals surface area (Å²) in [6.45, 7) is 1.77. The van der Waals surface area contributed by atoms with Gasteiger partial charge in [-0.3, -0.25) is 9.59 Å². The minimum atomic E-state index is -0.159. The first-order valence-electron chi connectivity index (χ1n) is 5.74. The highest BCUT2D eigenvalue weighted by Gasteiger charge is 2.24. The van der Waals surface area contributed by atoms with Gasteiger partial charge < -0.3 is 14.8 Å². The van der Waals surface area contributed by atoms with Gasteiger partial charge in [-0.15, -0.1) is 0 Å². The van der Waals surface area contributed by atoms with E-state index in [9.17, 15) is 9.59 Å². The third kappa shape index (κ3) is 2.39. The molecule has 0 spiro atoms. The molecule has 1 N–H and O–H groups in total. The predicted molar refractivity (Wildman–Crippen MR) is 65.1 cm³/mol. The SMILES string of the molecule is CN(C(=O)c1ccn(C)c(=O)c1)C1CCNC1. The van der Waals surface area contributed by atoms with E-state index in [0.29, 0.717) is 5.56 Å². The number of likely N-dealkylation sites (N-methyl/N-ethyl adjacent to an activating group) is 1. The minimum Gasteiger partial charge on any atom is -0.337 e. The van der Waals surface area contributed by atoms with Crippen molar-refractivity contribution in [1.29, 1.82) is 0 Å². The van der Waals surface area contributed by atoms with E-state index in [1.165, 1.54) is 10.6 Å². The van der Waals surface area contributed by atoms with Gasteiger partial charge in [-0.25, -0.2) is 0 Å². The number of hydrogen-bond acceptors (Lipinski definition) is 3. The minimum absolute atomic E-state index is 0.0867. The molecular formula is C12H17N3O2. The summed E-state index contributed by atoms with van der Waals surface area (Å²) < 4.78 is 1.45. The van der Waals surface area contributed by atoms with Gasteiger partial charge >= 0.3 is 0 Å². The van der Waals surface area contributed by atoms with Crippen LogP contribution in [0.3, 0.4) is 0 Å². The number of nitrogens with one attached hydrogen (secondary N) is 1. The normalized spacial score (nSPS) is 19.3. The third-order valence-corrected chi connectivity index (χ3v) is 3.25. The van der Waals surface area contributed by atoms with Crippen molar-refractivity contribution >= 4 is 5.91 Å². The number of aromatic nitrogens is 1. The number of pyridine rings is 1. The van der Waals surface area contributed by atoms with Crippen molar-refractivity contribution < 1.29 is 4.79 Å². The second-order valence-corrected chi connectivity index (χ2v) is 4.43. The van der Waals surface area contributed by atoms with E-state index in [1.54, 1.807) is 31.3 Å². The van der Waals surface area contributed by atoms with Crippen LogP contribution in [-0.2, 0) is 7.05 Å². The van der Waals surface area contributed by atoms with Gasteiger partial charge in [0.05, 0.1) is 0 Å². The molecule has 1 aromatic rings. The van der Waals surface area contributed by atoms with Gasteiger partial charge in [-0.05, 0) is 19.0 Å². The summed E-state index contributed by atoms with van der Waals surface area (Å²) in [7, 11) is 3.46. The number of rotatable bonds is 2. The van der Waals surface area contributed by atoms with E-state index >= 15 is 0 Å². The Labute approximate surface area is 100 Å². The number of carbonyl (C=O) groups is 1. The lowest BCUT2D eigenvalue weighted by molar-refractivity contribution is 0.0743. The zero-order valence-electron chi connectivity index (χ0n) is 10.1. The van der Waals surface area contributed by atoms with E-state index < -0.39 is 0 Å². The number of aryl methyl sites for hydroxylation is 1. The Kier molecular flexibility index (Phi) is 3.28. The molecule has 1 unspecified atom stereocenters. The zero-order valence-corrected chi connectivity index (χ0v) is 10.1. The number of carbonyl (C=O) groups excluding carboxylic acids is 1. The van der Waals surface area contributed by atoms with E-state index in [0.717, 1.165) is 19.5 Å². The van der Waals surface area contributed by atoms with Crippen molar-refractivity contribution in [3.05, 3.63) is 34.2 Å². The van der Waals surface area contributed by atoms with Gasteiger partial charge in [0.15, 0.2) is 0 Å². The fourth-order valence-corrected chi connectivity index (χ4v) is 2.02. The maximum atomic E-state index is 12.1. The Morgan fingerprint density at radius 3 is 2.94 bits per heavy atom. The standard InChI is InChI=1S/C12H17N3O2/c1-14-6-4-9(7-11(14)16)12(17)15(2)10-3-5-13-8-10/h4,6-7,10,13H,3,5,8H2,1-2H3. The van der Waals surface area contributed by atoms with Crippen molar-refractivity contribution in [3.8, 4) is 0 Å². The predicted octanol–water partition coefficient (Wildman–Crippen LogP) is -0.181. The molecule has 1 atom stereocenters. The highest BCUT2D eigenvalue weighted by molar-refractivity contribution is 5.94. The van der Waals surface area contributed by atoms with E-state index in [1.807, 2.05) is 0 Å². The lowest BCUT2D eigenvalue weighted by atomic mass is 10.2. The smallest absolute Gasteiger partial charge is 0.254 e. The molecule has 1 amide bonds. The van der Waals surface area contributed by atoms with Gasteiger partial charge in [0, 0.05) is 44.5 Å². The van der Waals surface area contributed by atoms with Crippen LogP contribution in [0.2, 0.25) is 0 Å². The summed E-state index contributed by atoms with van der Waals surface area (Å²) in [5.41, 5.74) is 0.302. The largest absolute Gasteiger partial charge is 0.337 e. The molecule has 92 valence electrons. The zero-order chi connectivity index (χ0) is 12.4. The molecule has 1 aromatic heterocycles. The molecule has 0 radical (unpaired) electrons. The van der Waals surface area contributed by atoms with E-state index in [-0.39, 0.29) is 17.5 Å². The maximum Gasteiger partial charge on any atom is 0.254 e. The van der Waals surface area contributed by atoms with Crippen LogP contribution in [0.15, 0.2) is 23.1 Å². The van der Waals surface area contributed by atoms with Crippen molar-refractivity contribution in [3.63, 3.8) is 0 Å². The summed E-state index contributed by atoms with van der Waals surface area (Å²) in [4.78, 5) is 25.3. The molecular weight excluding hydrogens is 218 g/mol. The number of amides is 1. The van der Waals surface area contributed by atoms with Crippen LogP contribution in [0.25, 0.3) is 0 Å². The second-order valence-electron chi connectivity index (χ2n) is 4.43. The molecule has 1 aliphatic heterocycles. The average molecular weight is 235 g/mol. The Hall–Kier alpha value is -1.62. The van der Waals surface area contributed by atoms with Crippen molar-refractivity contribution in [2.75, 3.05) is 20.1 Å². The van der Waals surface area contributed by atoms with Crippen molar-refractivity contribution in [2.24, 2.45) is 7.05 Å². The summed E-state index contributed by atoms with van der Waals surface area (Å²) in [5.74, 6) is -0.0867. The monoisotopic (exact) mass is 235 g/mol. The van der Waals surface area contributed by atoms with Gasteiger partial charge in [0.25, 0.3) is 11.5 Å². The van der Waals surface area contributed by atoms with Crippen LogP contribution in [0.4, 0.5) is 0 Å². The van der Waals surface area contributed by atoms with Gasteiger partial charge in [0.2, 0.25) is 0 Å². The molecule has 0 aliphatic carbocycles. The quantitative estimate of drug-likeness (QED) is 0.773. The fraction of sp³-hybridized carbons (Fsp3) is 0.500. The first-order valence-corrected chi connectivity index (χ1v) is 5.74. The lowest BCUT2D eigenvalue weighted by Gasteiger charge is -2.23. The molecule has 1 aliphatic rings. The molecule has 0 saturated carbocycles. The second kappa shape index (κ2) is 4.71. The Balaban J connectivity index is 2.18. The van der Waals surface area contributed by atoms with Gasteiger partial charge in [-0.1, -0.05) is 0 Å². The molecule has 17 heavy (non-hydrogen) atoms. The topological polar surface area (TPSA) is 54.3 Å². The molecule has 5 heteroatoms. The fourth-order valence-electron chi connectivity index (χ4n) is 2.02. The average Bonchev–Trinajstić information content (AvgIpc) is 2.84. The first-order chi connectivity index (χ1) is 8.09. The van der Waals surface area contributed by atoms with Gasteiger partial charge in [-0.2, -0.15) is 0 Å². The summed E-state index contributed by atoms with van der Waals surface area (Å²) in [6, 6.07) is 3.30. The molecule has 1 fully saturated rings. The number of nitrogens with zero attached hydrogens (tertiary/aromatic N) is 2. The Morgan fingerprint density at radius 2 is 2.35 bits per heavy atom. The van der Waals surface area contributed by atoms with Crippen molar-refractivity contribution in [2.45, 2.75) is 12.5 Å². The molecule has 0 aromatic carbocycles. The van der Waals surface area contributed by atoms with Crippen LogP contribution < -0.4 is 10.9 Å². The maximum absolute atomic E-state index is 12.1. The lowest BCUT2D eigenvalue weighted by Crippen LogP contribution is -2.38. The number of hydrogen-bond donors (Lipinski definition) is 1. The first kappa shape index (κ1) is 11.9. The van der Waals surface area contributed by atoms with Crippen molar-refractivity contribution in [1.82, 2.24) is 14.8 Å². The third-order valence-electron chi connectivity index (χ3n) is 3.25. The molecule has 0 bridgehead atoms. The highest BCUT2D eigenvalue weighted by atomic mass is 16.2. The summed E-state index contributed by atoms with van der Waals surface area (Å²) >= 11 is 0. The molecule has 5 nitrogen and oxygen atoms in total. The van der Waals surface area contributed by atoms with Crippen LogP contribution in [0.5, 0.6) is 0 Å². The Bertz CT molecular complexity index is 475. The molecule has 2 heterocycles. The summed E-state index contributed by atoms with van der Waals surface area (Å²) in [5, 5.41) is 3.22. The van der Waals surface area contributed by atoms with Crippen LogP contribution in [0, 0.1) is 0 Å².